The van der Waals surface area contributed by atoms with Gasteiger partial charge < -0.3 is 10.2 Å². The fourth-order valence-electron chi connectivity index (χ4n) is 3.02. The Morgan fingerprint density at radius 2 is 2.04 bits per heavy atom. The molecule has 1 atom stereocenters. The van der Waals surface area contributed by atoms with Crippen LogP contribution in [0.25, 0.3) is 0 Å². The van der Waals surface area contributed by atoms with E-state index in [0.29, 0.717) is 5.69 Å². The van der Waals surface area contributed by atoms with Crippen LogP contribution in [-0.2, 0) is 24.6 Å². The number of halogens is 3. The third-order valence-corrected chi connectivity index (χ3v) is 4.29. The Balaban J connectivity index is 1.68. The summed E-state index contributed by atoms with van der Waals surface area (Å²) in [4.78, 5) is 25.7. The SMILES string of the molecule is Cn1nccc1C(=O)N[C@@H]1CC(=O)N(Cc2ccccc2C(F)(F)F)C1. The van der Waals surface area contributed by atoms with Crippen LogP contribution in [0.4, 0.5) is 13.2 Å². The molecule has 0 spiro atoms. The van der Waals surface area contributed by atoms with E-state index in [2.05, 4.69) is 10.4 Å². The minimum absolute atomic E-state index is 0.0342. The zero-order chi connectivity index (χ0) is 18.9. The van der Waals surface area contributed by atoms with Crippen molar-refractivity contribution in [1.82, 2.24) is 20.0 Å². The number of amides is 2. The van der Waals surface area contributed by atoms with E-state index in [1.165, 1.54) is 34.0 Å². The molecule has 1 aromatic heterocycles. The zero-order valence-corrected chi connectivity index (χ0v) is 14.0. The molecule has 0 unspecified atom stereocenters. The lowest BCUT2D eigenvalue weighted by Gasteiger charge is -2.20. The fourth-order valence-corrected chi connectivity index (χ4v) is 3.02. The first-order chi connectivity index (χ1) is 12.3. The summed E-state index contributed by atoms with van der Waals surface area (Å²) in [6.07, 6.45) is -2.95. The van der Waals surface area contributed by atoms with Crippen LogP contribution in [0.5, 0.6) is 0 Å². The molecule has 1 fully saturated rings. The largest absolute Gasteiger partial charge is 0.416 e. The summed E-state index contributed by atoms with van der Waals surface area (Å²) in [5.74, 6) is -0.669. The molecule has 1 aromatic carbocycles. The standard InChI is InChI=1S/C17H17F3N4O2/c1-23-14(6-7-21-23)16(26)22-12-8-15(25)24(10-12)9-11-4-2-3-5-13(11)17(18,19)20/h2-7,12H,8-10H2,1H3,(H,22,26)/t12-/m1/s1. The van der Waals surface area contributed by atoms with Crippen molar-refractivity contribution < 1.29 is 22.8 Å². The van der Waals surface area contributed by atoms with Gasteiger partial charge in [-0.25, -0.2) is 0 Å². The molecule has 1 aliphatic rings. The van der Waals surface area contributed by atoms with Gasteiger partial charge >= 0.3 is 6.18 Å². The van der Waals surface area contributed by atoms with Gasteiger partial charge in [-0.1, -0.05) is 18.2 Å². The van der Waals surface area contributed by atoms with Gasteiger partial charge in [0.25, 0.3) is 5.91 Å². The average molecular weight is 366 g/mol. The van der Waals surface area contributed by atoms with Gasteiger partial charge in [0.15, 0.2) is 0 Å². The van der Waals surface area contributed by atoms with Crippen LogP contribution in [0.3, 0.4) is 0 Å². The molecule has 0 radical (unpaired) electrons. The van der Waals surface area contributed by atoms with Crippen molar-refractivity contribution in [1.29, 1.82) is 0 Å². The molecule has 0 aliphatic carbocycles. The predicted molar refractivity (Wildman–Crippen MR) is 85.9 cm³/mol. The second-order valence-electron chi connectivity index (χ2n) is 6.14. The molecule has 6 nitrogen and oxygen atoms in total. The quantitative estimate of drug-likeness (QED) is 0.900. The molecule has 0 saturated carbocycles. The van der Waals surface area contributed by atoms with Crippen LogP contribution < -0.4 is 5.32 Å². The smallest absolute Gasteiger partial charge is 0.346 e. The molecule has 1 saturated heterocycles. The second-order valence-corrected chi connectivity index (χ2v) is 6.14. The first-order valence-corrected chi connectivity index (χ1v) is 7.97. The summed E-state index contributed by atoms with van der Waals surface area (Å²) in [5.41, 5.74) is -0.375. The molecule has 9 heteroatoms. The highest BCUT2D eigenvalue weighted by Gasteiger charge is 2.36. The second kappa shape index (κ2) is 6.81. The van der Waals surface area contributed by atoms with E-state index in [4.69, 9.17) is 0 Å². The number of aryl methyl sites for hydroxylation is 1. The van der Waals surface area contributed by atoms with E-state index >= 15 is 0 Å². The van der Waals surface area contributed by atoms with Crippen molar-refractivity contribution >= 4 is 11.8 Å². The number of likely N-dealkylation sites (tertiary alicyclic amines) is 1. The van der Waals surface area contributed by atoms with Crippen LogP contribution in [0.15, 0.2) is 36.5 Å². The molecule has 0 bridgehead atoms. The maximum absolute atomic E-state index is 13.1. The van der Waals surface area contributed by atoms with Crippen molar-refractivity contribution in [2.45, 2.75) is 25.2 Å². The van der Waals surface area contributed by atoms with Gasteiger partial charge in [-0.15, -0.1) is 0 Å². The maximum atomic E-state index is 13.1. The molecule has 1 N–H and O–H groups in total. The Labute approximate surface area is 147 Å². The van der Waals surface area contributed by atoms with Crippen molar-refractivity contribution in [2.24, 2.45) is 7.05 Å². The van der Waals surface area contributed by atoms with Crippen molar-refractivity contribution in [3.8, 4) is 0 Å². The molecule has 2 heterocycles. The summed E-state index contributed by atoms with van der Waals surface area (Å²) in [7, 11) is 1.62. The Kier molecular flexibility index (Phi) is 4.71. The lowest BCUT2D eigenvalue weighted by Crippen LogP contribution is -2.38. The topological polar surface area (TPSA) is 67.2 Å². The van der Waals surface area contributed by atoms with E-state index in [1.807, 2.05) is 0 Å². The number of hydrogen-bond acceptors (Lipinski definition) is 3. The van der Waals surface area contributed by atoms with Gasteiger partial charge in [0, 0.05) is 32.8 Å². The molecule has 3 rings (SSSR count). The lowest BCUT2D eigenvalue weighted by atomic mass is 10.1. The maximum Gasteiger partial charge on any atom is 0.416 e. The zero-order valence-electron chi connectivity index (χ0n) is 14.0. The van der Waals surface area contributed by atoms with Gasteiger partial charge in [-0.05, 0) is 17.7 Å². The number of nitrogens with one attached hydrogen (secondary N) is 1. The number of rotatable bonds is 4. The minimum Gasteiger partial charge on any atom is -0.346 e. The predicted octanol–water partition coefficient (Wildman–Crippen LogP) is 1.97. The molecular formula is C17H17F3N4O2. The van der Waals surface area contributed by atoms with E-state index < -0.39 is 17.8 Å². The monoisotopic (exact) mass is 366 g/mol. The normalized spacial score (nSPS) is 17.6. The highest BCUT2D eigenvalue weighted by molar-refractivity contribution is 5.93. The van der Waals surface area contributed by atoms with E-state index in [0.717, 1.165) is 6.07 Å². The number of carbonyl (C=O) groups excluding carboxylic acids is 2. The van der Waals surface area contributed by atoms with Gasteiger partial charge in [0.1, 0.15) is 5.69 Å². The first-order valence-electron chi connectivity index (χ1n) is 7.97. The number of alkyl halides is 3. The first kappa shape index (κ1) is 18.0. The van der Waals surface area contributed by atoms with Gasteiger partial charge in [0.05, 0.1) is 11.6 Å². The van der Waals surface area contributed by atoms with E-state index in [9.17, 15) is 22.8 Å². The number of hydrogen-bond donors (Lipinski definition) is 1. The minimum atomic E-state index is -4.48. The lowest BCUT2D eigenvalue weighted by molar-refractivity contribution is -0.139. The van der Waals surface area contributed by atoms with Crippen LogP contribution in [0, 0.1) is 0 Å². The summed E-state index contributed by atoms with van der Waals surface area (Å²) in [6, 6.07) is 6.27. The Morgan fingerprint density at radius 1 is 1.31 bits per heavy atom. The van der Waals surface area contributed by atoms with Gasteiger partial charge in [-0.3, -0.25) is 14.3 Å². The summed E-state index contributed by atoms with van der Waals surface area (Å²) in [6.45, 7) is 0.0151. The van der Waals surface area contributed by atoms with E-state index in [1.54, 1.807) is 13.1 Å². The summed E-state index contributed by atoms with van der Waals surface area (Å²) < 4.78 is 40.7. The average Bonchev–Trinajstić information content (AvgIpc) is 3.13. The molecule has 1 aliphatic heterocycles. The summed E-state index contributed by atoms with van der Waals surface area (Å²) in [5, 5.41) is 6.63. The highest BCUT2D eigenvalue weighted by Crippen LogP contribution is 2.32. The van der Waals surface area contributed by atoms with Crippen molar-refractivity contribution in [2.75, 3.05) is 6.54 Å². The fraction of sp³-hybridized carbons (Fsp3) is 0.353. The third-order valence-electron chi connectivity index (χ3n) is 4.29. The number of carbonyl (C=O) groups is 2. The van der Waals surface area contributed by atoms with Crippen LogP contribution in [-0.4, -0.2) is 39.1 Å². The number of nitrogens with zero attached hydrogens (tertiary/aromatic N) is 3. The molecule has 2 aromatic rings. The van der Waals surface area contributed by atoms with Gasteiger partial charge in [0.2, 0.25) is 5.91 Å². The number of aromatic nitrogens is 2. The number of benzene rings is 1. The molecular weight excluding hydrogens is 349 g/mol. The Bertz CT molecular complexity index is 831. The Morgan fingerprint density at radius 3 is 2.69 bits per heavy atom. The molecule has 138 valence electrons. The van der Waals surface area contributed by atoms with Crippen LogP contribution >= 0.6 is 0 Å². The van der Waals surface area contributed by atoms with Gasteiger partial charge in [-0.2, -0.15) is 18.3 Å². The van der Waals surface area contributed by atoms with Crippen molar-refractivity contribution in [3.63, 3.8) is 0 Å². The van der Waals surface area contributed by atoms with Crippen molar-refractivity contribution in [3.05, 3.63) is 53.3 Å². The molecule has 2 amide bonds. The summed E-state index contributed by atoms with van der Waals surface area (Å²) >= 11 is 0. The molecule has 26 heavy (non-hydrogen) atoms. The highest BCUT2D eigenvalue weighted by atomic mass is 19.4. The third kappa shape index (κ3) is 3.71. The van der Waals surface area contributed by atoms with Crippen LogP contribution in [0.2, 0.25) is 0 Å². The van der Waals surface area contributed by atoms with Crippen LogP contribution in [0.1, 0.15) is 28.0 Å². The van der Waals surface area contributed by atoms with E-state index in [-0.39, 0.29) is 36.9 Å². The Hall–Kier alpha value is -2.84.